The van der Waals surface area contributed by atoms with Crippen LogP contribution in [0.1, 0.15) is 18.9 Å². The van der Waals surface area contributed by atoms with Crippen LogP contribution in [0, 0.1) is 10.1 Å². The molecule has 1 heterocycles. The lowest BCUT2D eigenvalue weighted by Gasteiger charge is -2.12. The van der Waals surface area contributed by atoms with Crippen molar-refractivity contribution >= 4 is 46.0 Å². The van der Waals surface area contributed by atoms with E-state index in [1.54, 1.807) is 0 Å². The van der Waals surface area contributed by atoms with Gasteiger partial charge in [0.1, 0.15) is 4.32 Å². The Morgan fingerprint density at radius 2 is 2.22 bits per heavy atom. The second-order valence-electron chi connectivity index (χ2n) is 4.68. The van der Waals surface area contributed by atoms with Crippen LogP contribution in [0.3, 0.4) is 0 Å². The molecule has 0 unspecified atom stereocenters. The normalized spacial score (nSPS) is 16.3. The summed E-state index contributed by atoms with van der Waals surface area (Å²) in [5.74, 6) is -0.806. The quantitative estimate of drug-likeness (QED) is 0.376. The number of methoxy groups -OCH3 is 1. The molecule has 1 fully saturated rings. The van der Waals surface area contributed by atoms with Crippen LogP contribution in [-0.4, -0.2) is 38.8 Å². The third-order valence-electron chi connectivity index (χ3n) is 3.11. The first kappa shape index (κ1) is 17.2. The number of rotatable bonds is 5. The van der Waals surface area contributed by atoms with Gasteiger partial charge in [-0.1, -0.05) is 30.9 Å². The number of thioether (sulfide) groups is 1. The van der Waals surface area contributed by atoms with Crippen molar-refractivity contribution in [2.24, 2.45) is 0 Å². The maximum Gasteiger partial charge on any atom is 0.315 e. The highest BCUT2D eigenvalue weighted by Gasteiger charge is 2.31. The van der Waals surface area contributed by atoms with Crippen molar-refractivity contribution in [2.75, 3.05) is 13.7 Å². The van der Waals surface area contributed by atoms with Gasteiger partial charge in [0.2, 0.25) is 5.75 Å². The number of nitro benzene ring substituents is 1. The summed E-state index contributed by atoms with van der Waals surface area (Å²) in [6.45, 7) is 2.47. The van der Waals surface area contributed by atoms with E-state index in [0.717, 1.165) is 18.2 Å². The number of benzene rings is 1. The predicted octanol–water partition coefficient (Wildman–Crippen LogP) is 2.92. The monoisotopic (exact) mass is 354 g/mol. The topological polar surface area (TPSA) is 92.9 Å². The summed E-state index contributed by atoms with van der Waals surface area (Å²) in [5.41, 5.74) is -0.108. The SMILES string of the molecule is CCCN1C(=O)/C(=C/c2cc(OC)c(O)c([N+](=O)[O-])c2)SC1=S. The average molecular weight is 354 g/mol. The molecule has 1 N–H and O–H groups in total. The fourth-order valence-electron chi connectivity index (χ4n) is 2.06. The molecule has 1 aromatic rings. The Balaban J connectivity index is 2.43. The Bertz CT molecular complexity index is 717. The number of nitrogens with zero attached hydrogens (tertiary/aromatic N) is 2. The number of hydrogen-bond donors (Lipinski definition) is 1. The highest BCUT2D eigenvalue weighted by Crippen LogP contribution is 2.39. The molecule has 0 saturated carbocycles. The van der Waals surface area contributed by atoms with E-state index in [2.05, 4.69) is 0 Å². The zero-order valence-electron chi connectivity index (χ0n) is 12.4. The van der Waals surface area contributed by atoms with E-state index >= 15 is 0 Å². The molecule has 0 aromatic heterocycles. The Labute approximate surface area is 142 Å². The van der Waals surface area contributed by atoms with Gasteiger partial charge < -0.3 is 9.84 Å². The highest BCUT2D eigenvalue weighted by atomic mass is 32.2. The van der Waals surface area contributed by atoms with Crippen LogP contribution in [0.15, 0.2) is 17.0 Å². The summed E-state index contributed by atoms with van der Waals surface area (Å²) in [6, 6.07) is 2.61. The van der Waals surface area contributed by atoms with Crippen LogP contribution in [0.2, 0.25) is 0 Å². The van der Waals surface area contributed by atoms with Crippen LogP contribution >= 0.6 is 24.0 Å². The smallest absolute Gasteiger partial charge is 0.315 e. The lowest BCUT2D eigenvalue weighted by atomic mass is 10.1. The first-order valence-electron chi connectivity index (χ1n) is 6.69. The molecule has 1 aromatic carbocycles. The Kier molecular flexibility index (Phi) is 5.22. The minimum Gasteiger partial charge on any atom is -0.500 e. The zero-order chi connectivity index (χ0) is 17.1. The van der Waals surface area contributed by atoms with Crippen molar-refractivity contribution in [3.63, 3.8) is 0 Å². The van der Waals surface area contributed by atoms with E-state index in [0.29, 0.717) is 21.3 Å². The molecule has 0 atom stereocenters. The van der Waals surface area contributed by atoms with Crippen molar-refractivity contribution < 1.29 is 19.6 Å². The maximum atomic E-state index is 12.3. The van der Waals surface area contributed by atoms with Crippen LogP contribution in [-0.2, 0) is 4.79 Å². The van der Waals surface area contributed by atoms with E-state index in [4.69, 9.17) is 17.0 Å². The van der Waals surface area contributed by atoms with Crippen LogP contribution in [0.25, 0.3) is 6.08 Å². The number of nitro groups is 1. The molecule has 23 heavy (non-hydrogen) atoms. The number of carbonyl (C=O) groups excluding carboxylic acids is 1. The van der Waals surface area contributed by atoms with E-state index < -0.39 is 16.4 Å². The fourth-order valence-corrected chi connectivity index (χ4v) is 3.37. The van der Waals surface area contributed by atoms with Crippen molar-refractivity contribution in [3.8, 4) is 11.5 Å². The zero-order valence-corrected chi connectivity index (χ0v) is 14.1. The molecule has 7 nitrogen and oxygen atoms in total. The van der Waals surface area contributed by atoms with E-state index in [-0.39, 0.29) is 11.7 Å². The third-order valence-corrected chi connectivity index (χ3v) is 4.49. The molecule has 2 rings (SSSR count). The van der Waals surface area contributed by atoms with Gasteiger partial charge in [0.25, 0.3) is 5.91 Å². The minimum absolute atomic E-state index is 0.0329. The Morgan fingerprint density at radius 3 is 2.78 bits per heavy atom. The highest BCUT2D eigenvalue weighted by molar-refractivity contribution is 8.26. The number of ether oxygens (including phenoxy) is 1. The second kappa shape index (κ2) is 6.97. The van der Waals surface area contributed by atoms with E-state index in [9.17, 15) is 20.0 Å². The number of amides is 1. The van der Waals surface area contributed by atoms with Crippen LogP contribution in [0.4, 0.5) is 5.69 Å². The Hall–Kier alpha value is -2.13. The Morgan fingerprint density at radius 1 is 1.52 bits per heavy atom. The number of phenols is 1. The predicted molar refractivity (Wildman–Crippen MR) is 91.5 cm³/mol. The van der Waals surface area contributed by atoms with Crippen LogP contribution in [0.5, 0.6) is 11.5 Å². The molecule has 1 amide bonds. The first-order chi connectivity index (χ1) is 10.9. The molecule has 1 aliphatic rings. The maximum absolute atomic E-state index is 12.3. The summed E-state index contributed by atoms with van der Waals surface area (Å²) < 4.78 is 5.40. The molecule has 1 aliphatic heterocycles. The summed E-state index contributed by atoms with van der Waals surface area (Å²) >= 11 is 6.31. The summed E-state index contributed by atoms with van der Waals surface area (Å²) in [6.07, 6.45) is 2.28. The van der Waals surface area contributed by atoms with Gasteiger partial charge in [0.05, 0.1) is 16.9 Å². The molecular formula is C14H14N2O5S2. The summed E-state index contributed by atoms with van der Waals surface area (Å²) in [5, 5.41) is 20.8. The van der Waals surface area contributed by atoms with Gasteiger partial charge in [-0.15, -0.1) is 0 Å². The summed E-state index contributed by atoms with van der Waals surface area (Å²) in [4.78, 5) is 24.5. The lowest BCUT2D eigenvalue weighted by Crippen LogP contribution is -2.28. The molecule has 9 heteroatoms. The van der Waals surface area contributed by atoms with Crippen molar-refractivity contribution in [2.45, 2.75) is 13.3 Å². The second-order valence-corrected chi connectivity index (χ2v) is 6.36. The largest absolute Gasteiger partial charge is 0.500 e. The van der Waals surface area contributed by atoms with Gasteiger partial charge in [0.15, 0.2) is 5.75 Å². The molecule has 0 bridgehead atoms. The molecule has 0 radical (unpaired) electrons. The summed E-state index contributed by atoms with van der Waals surface area (Å²) in [7, 11) is 1.29. The number of phenolic OH excluding ortho intramolecular Hbond substituents is 1. The first-order valence-corrected chi connectivity index (χ1v) is 7.92. The van der Waals surface area contributed by atoms with E-state index in [1.807, 2.05) is 6.92 Å². The number of carbonyl (C=O) groups is 1. The van der Waals surface area contributed by atoms with Crippen molar-refractivity contribution in [3.05, 3.63) is 32.7 Å². The standard InChI is InChI=1S/C14H14N2O5S2/c1-3-4-15-13(18)11(23-14(15)22)7-8-5-9(16(19)20)12(17)10(6-8)21-2/h5-7,17H,3-4H2,1-2H3/b11-7-. The van der Waals surface area contributed by atoms with Gasteiger partial charge >= 0.3 is 5.69 Å². The molecule has 122 valence electrons. The molecule has 0 aliphatic carbocycles. The molecular weight excluding hydrogens is 340 g/mol. The van der Waals surface area contributed by atoms with Crippen LogP contribution < -0.4 is 4.74 Å². The average Bonchev–Trinajstić information content (AvgIpc) is 2.76. The number of hydrogen-bond acceptors (Lipinski definition) is 7. The minimum atomic E-state index is -0.711. The third kappa shape index (κ3) is 3.45. The number of aromatic hydroxyl groups is 1. The lowest BCUT2D eigenvalue weighted by molar-refractivity contribution is -0.386. The van der Waals surface area contributed by atoms with Crippen molar-refractivity contribution in [1.29, 1.82) is 0 Å². The van der Waals surface area contributed by atoms with Gasteiger partial charge in [-0.3, -0.25) is 19.8 Å². The van der Waals surface area contributed by atoms with Gasteiger partial charge in [0, 0.05) is 12.6 Å². The fraction of sp³-hybridized carbons (Fsp3) is 0.286. The van der Waals surface area contributed by atoms with Gasteiger partial charge in [-0.25, -0.2) is 0 Å². The molecule has 1 saturated heterocycles. The van der Waals surface area contributed by atoms with E-state index in [1.165, 1.54) is 30.2 Å². The molecule has 0 spiro atoms. The van der Waals surface area contributed by atoms with Crippen molar-refractivity contribution in [1.82, 2.24) is 4.90 Å². The van der Waals surface area contributed by atoms with Gasteiger partial charge in [-0.05, 0) is 24.1 Å². The number of thiocarbonyl (C=S) groups is 1. The van der Waals surface area contributed by atoms with Gasteiger partial charge in [-0.2, -0.15) is 0 Å².